The molecule has 0 saturated carbocycles. The quantitative estimate of drug-likeness (QED) is 0.746. The molecule has 0 amide bonds. The summed E-state index contributed by atoms with van der Waals surface area (Å²) in [7, 11) is 0. The lowest BCUT2D eigenvalue weighted by molar-refractivity contribution is -0.131. The molecule has 1 unspecified atom stereocenters. The molecule has 0 bridgehead atoms. The zero-order chi connectivity index (χ0) is 11.5. The number of carboxylic acid groups (broad SMARTS) is 1. The third-order valence-corrected chi connectivity index (χ3v) is 2.23. The summed E-state index contributed by atoms with van der Waals surface area (Å²) >= 11 is 0. The van der Waals surface area contributed by atoms with Gasteiger partial charge in [0.2, 0.25) is 6.79 Å². The van der Waals surface area contributed by atoms with Crippen LogP contribution in [-0.2, 0) is 4.79 Å². The van der Waals surface area contributed by atoms with Gasteiger partial charge >= 0.3 is 5.97 Å². The van der Waals surface area contributed by atoms with E-state index in [0.717, 1.165) is 11.6 Å². The Kier molecular flexibility index (Phi) is 2.78. The molecule has 0 radical (unpaired) electrons. The van der Waals surface area contributed by atoms with Crippen molar-refractivity contribution >= 4 is 5.97 Å². The van der Waals surface area contributed by atoms with Crippen molar-refractivity contribution in [3.05, 3.63) is 35.9 Å². The van der Waals surface area contributed by atoms with E-state index in [2.05, 4.69) is 0 Å². The van der Waals surface area contributed by atoms with Gasteiger partial charge in [-0.25, -0.2) is 4.79 Å². The van der Waals surface area contributed by atoms with Crippen LogP contribution in [0.15, 0.2) is 30.4 Å². The normalized spacial score (nSPS) is 15.3. The van der Waals surface area contributed by atoms with E-state index in [1.165, 1.54) is 6.08 Å². The monoisotopic (exact) mass is 221 g/mol. The molecule has 0 spiro atoms. The average Bonchev–Trinajstić information content (AvgIpc) is 2.72. The smallest absolute Gasteiger partial charge is 0.328 e. The molecule has 84 valence electrons. The van der Waals surface area contributed by atoms with E-state index >= 15 is 0 Å². The maximum Gasteiger partial charge on any atom is 0.328 e. The Morgan fingerprint density at radius 1 is 1.44 bits per heavy atom. The lowest BCUT2D eigenvalue weighted by atomic mass is 10.1. The number of carboxylic acids is 1. The van der Waals surface area contributed by atoms with E-state index in [4.69, 9.17) is 20.3 Å². The highest BCUT2D eigenvalue weighted by atomic mass is 16.7. The van der Waals surface area contributed by atoms with Crippen molar-refractivity contribution in [1.82, 2.24) is 0 Å². The molecule has 5 nitrogen and oxygen atoms in total. The van der Waals surface area contributed by atoms with Gasteiger partial charge < -0.3 is 20.3 Å². The summed E-state index contributed by atoms with van der Waals surface area (Å²) in [5, 5.41) is 8.48. The predicted molar refractivity (Wildman–Crippen MR) is 56.3 cm³/mol. The molecular formula is C11H11NO4. The first-order valence-corrected chi connectivity index (χ1v) is 4.73. The first-order valence-electron chi connectivity index (χ1n) is 4.73. The van der Waals surface area contributed by atoms with E-state index < -0.39 is 12.0 Å². The Labute approximate surface area is 92.1 Å². The number of hydrogen-bond donors (Lipinski definition) is 2. The number of rotatable bonds is 3. The number of nitrogens with two attached hydrogens (primary N) is 1. The molecule has 1 atom stereocenters. The lowest BCUT2D eigenvalue weighted by Crippen LogP contribution is -2.07. The van der Waals surface area contributed by atoms with Gasteiger partial charge in [-0.2, -0.15) is 0 Å². The summed E-state index contributed by atoms with van der Waals surface area (Å²) in [6.07, 6.45) is 2.44. The Balaban J connectivity index is 2.18. The molecule has 0 aromatic heterocycles. The van der Waals surface area contributed by atoms with Gasteiger partial charge in [-0.3, -0.25) is 0 Å². The van der Waals surface area contributed by atoms with Crippen molar-refractivity contribution in [1.29, 1.82) is 0 Å². The third-order valence-electron chi connectivity index (χ3n) is 2.23. The zero-order valence-electron chi connectivity index (χ0n) is 8.42. The van der Waals surface area contributed by atoms with E-state index in [0.29, 0.717) is 11.5 Å². The highest BCUT2D eigenvalue weighted by Gasteiger charge is 2.14. The van der Waals surface area contributed by atoms with Gasteiger partial charge in [-0.05, 0) is 17.7 Å². The summed E-state index contributed by atoms with van der Waals surface area (Å²) in [6, 6.07) is 4.82. The Morgan fingerprint density at radius 3 is 2.94 bits per heavy atom. The zero-order valence-corrected chi connectivity index (χ0v) is 8.42. The minimum absolute atomic E-state index is 0.207. The van der Waals surface area contributed by atoms with Crippen LogP contribution in [0.1, 0.15) is 11.6 Å². The van der Waals surface area contributed by atoms with Gasteiger partial charge in [0.25, 0.3) is 0 Å². The molecule has 2 rings (SSSR count). The van der Waals surface area contributed by atoms with Crippen molar-refractivity contribution in [2.45, 2.75) is 6.04 Å². The molecule has 1 heterocycles. The van der Waals surface area contributed by atoms with Gasteiger partial charge in [0.1, 0.15) is 0 Å². The molecule has 1 aliphatic heterocycles. The molecule has 0 aliphatic carbocycles. The SMILES string of the molecule is NC(/C=C/C(=O)O)c1ccc2c(c1)OCO2. The van der Waals surface area contributed by atoms with Crippen LogP contribution in [0.25, 0.3) is 0 Å². The van der Waals surface area contributed by atoms with Crippen LogP contribution in [0, 0.1) is 0 Å². The second-order valence-electron chi connectivity index (χ2n) is 3.34. The fourth-order valence-electron chi connectivity index (χ4n) is 1.42. The number of benzene rings is 1. The van der Waals surface area contributed by atoms with Crippen molar-refractivity contribution in [2.75, 3.05) is 6.79 Å². The minimum atomic E-state index is -1.02. The lowest BCUT2D eigenvalue weighted by Gasteiger charge is -2.07. The van der Waals surface area contributed by atoms with Crippen LogP contribution >= 0.6 is 0 Å². The Morgan fingerprint density at radius 2 is 2.19 bits per heavy atom. The molecule has 1 aromatic rings. The van der Waals surface area contributed by atoms with Crippen LogP contribution in [0.3, 0.4) is 0 Å². The summed E-state index contributed by atoms with van der Waals surface area (Å²) in [4.78, 5) is 10.3. The van der Waals surface area contributed by atoms with Gasteiger partial charge in [0.15, 0.2) is 11.5 Å². The predicted octanol–water partition coefficient (Wildman–Crippen LogP) is 1.06. The Bertz CT molecular complexity index is 442. The molecule has 0 saturated heterocycles. The van der Waals surface area contributed by atoms with E-state index in [1.54, 1.807) is 18.2 Å². The van der Waals surface area contributed by atoms with E-state index in [1.807, 2.05) is 0 Å². The number of hydrogen-bond acceptors (Lipinski definition) is 4. The van der Waals surface area contributed by atoms with Gasteiger partial charge in [0.05, 0.1) is 0 Å². The highest BCUT2D eigenvalue weighted by molar-refractivity contribution is 5.79. The fourth-order valence-corrected chi connectivity index (χ4v) is 1.42. The highest BCUT2D eigenvalue weighted by Crippen LogP contribution is 2.33. The van der Waals surface area contributed by atoms with Crippen molar-refractivity contribution in [3.8, 4) is 11.5 Å². The van der Waals surface area contributed by atoms with Gasteiger partial charge in [-0.1, -0.05) is 12.1 Å². The molecule has 0 fully saturated rings. The first kappa shape index (κ1) is 10.5. The third kappa shape index (κ3) is 2.14. The summed E-state index contributed by atoms with van der Waals surface area (Å²) in [5.74, 6) is 0.297. The van der Waals surface area contributed by atoms with E-state index in [9.17, 15) is 4.79 Å². The number of fused-ring (bicyclic) bond motifs is 1. The van der Waals surface area contributed by atoms with E-state index in [-0.39, 0.29) is 6.79 Å². The number of carbonyl (C=O) groups is 1. The second-order valence-corrected chi connectivity index (χ2v) is 3.34. The molecule has 3 N–H and O–H groups in total. The topological polar surface area (TPSA) is 81.8 Å². The number of ether oxygens (including phenoxy) is 2. The fraction of sp³-hybridized carbons (Fsp3) is 0.182. The largest absolute Gasteiger partial charge is 0.478 e. The Hall–Kier alpha value is -2.01. The van der Waals surface area contributed by atoms with Gasteiger partial charge in [-0.15, -0.1) is 0 Å². The number of aliphatic carboxylic acids is 1. The van der Waals surface area contributed by atoms with Crippen molar-refractivity contribution < 1.29 is 19.4 Å². The second kappa shape index (κ2) is 4.24. The molecule has 1 aromatic carbocycles. The first-order chi connectivity index (χ1) is 7.66. The molecule has 5 heteroatoms. The van der Waals surface area contributed by atoms with Crippen LogP contribution in [-0.4, -0.2) is 17.9 Å². The summed E-state index contributed by atoms with van der Waals surface area (Å²) in [5.41, 5.74) is 6.57. The molecule has 1 aliphatic rings. The maximum atomic E-state index is 10.3. The molecule has 16 heavy (non-hydrogen) atoms. The minimum Gasteiger partial charge on any atom is -0.478 e. The van der Waals surface area contributed by atoms with Crippen LogP contribution < -0.4 is 15.2 Å². The summed E-state index contributed by atoms with van der Waals surface area (Å²) in [6.45, 7) is 0.207. The molecular weight excluding hydrogens is 210 g/mol. The van der Waals surface area contributed by atoms with Gasteiger partial charge in [0, 0.05) is 12.1 Å². The maximum absolute atomic E-state index is 10.3. The van der Waals surface area contributed by atoms with Crippen LogP contribution in [0.5, 0.6) is 11.5 Å². The van der Waals surface area contributed by atoms with Crippen LogP contribution in [0.2, 0.25) is 0 Å². The standard InChI is InChI=1S/C11H11NO4/c12-8(2-4-11(13)14)7-1-3-9-10(5-7)16-6-15-9/h1-5,8H,6,12H2,(H,13,14)/b4-2+. The van der Waals surface area contributed by atoms with Crippen molar-refractivity contribution in [3.63, 3.8) is 0 Å². The van der Waals surface area contributed by atoms with Crippen molar-refractivity contribution in [2.24, 2.45) is 5.73 Å². The average molecular weight is 221 g/mol. The summed E-state index contributed by atoms with van der Waals surface area (Å²) < 4.78 is 10.4. The van der Waals surface area contributed by atoms with Crippen LogP contribution in [0.4, 0.5) is 0 Å².